The van der Waals surface area contributed by atoms with Gasteiger partial charge in [0, 0.05) is 11.3 Å². The minimum atomic E-state index is -0.511. The first-order valence-corrected chi connectivity index (χ1v) is 7.43. The molecule has 2 amide bonds. The van der Waals surface area contributed by atoms with E-state index in [0.29, 0.717) is 11.3 Å². The number of hydrogen-bond donors (Lipinski definition) is 3. The Morgan fingerprint density at radius 1 is 1.17 bits per heavy atom. The van der Waals surface area contributed by atoms with Crippen molar-refractivity contribution in [1.29, 1.82) is 0 Å². The Bertz CT molecular complexity index is 704. The molecule has 3 N–H and O–H groups in total. The van der Waals surface area contributed by atoms with Crippen molar-refractivity contribution in [1.82, 2.24) is 5.32 Å². The highest BCUT2D eigenvalue weighted by Crippen LogP contribution is 2.21. The fourth-order valence-corrected chi connectivity index (χ4v) is 2.44. The number of rotatable bonds is 5. The number of aliphatic hydroxyl groups is 1. The summed E-state index contributed by atoms with van der Waals surface area (Å²) in [4.78, 5) is 23.4. The summed E-state index contributed by atoms with van der Waals surface area (Å²) >= 11 is 6.00. The standard InChI is InChI=1S/C17H17ClN2O3/c1-11(22)14-8-7-13(9-15(14)18)19-17(23)20-16(10-21)12-5-3-2-4-6-12/h2-9,16,21H,10H2,1H3,(H2,19,20,23)/t16-/m1/s1. The first-order chi connectivity index (χ1) is 11.0. The van der Waals surface area contributed by atoms with Crippen LogP contribution in [0.3, 0.4) is 0 Å². The summed E-state index contributed by atoms with van der Waals surface area (Å²) in [5.74, 6) is -0.143. The van der Waals surface area contributed by atoms with E-state index in [1.54, 1.807) is 12.1 Å². The maximum Gasteiger partial charge on any atom is 0.319 e. The summed E-state index contributed by atoms with van der Waals surface area (Å²) in [6.45, 7) is 1.20. The van der Waals surface area contributed by atoms with E-state index in [1.807, 2.05) is 30.3 Å². The van der Waals surface area contributed by atoms with E-state index in [1.165, 1.54) is 13.0 Å². The van der Waals surface area contributed by atoms with Gasteiger partial charge in [-0.25, -0.2) is 4.79 Å². The summed E-state index contributed by atoms with van der Waals surface area (Å²) < 4.78 is 0. The molecule has 0 radical (unpaired) electrons. The maximum atomic E-state index is 12.0. The molecule has 0 heterocycles. The van der Waals surface area contributed by atoms with Crippen LogP contribution < -0.4 is 10.6 Å². The van der Waals surface area contributed by atoms with Gasteiger partial charge in [-0.1, -0.05) is 41.9 Å². The highest BCUT2D eigenvalue weighted by atomic mass is 35.5. The maximum absolute atomic E-state index is 12.0. The summed E-state index contributed by atoms with van der Waals surface area (Å²) in [6, 6.07) is 12.8. The third kappa shape index (κ3) is 4.55. The van der Waals surface area contributed by atoms with Crippen LogP contribution in [0.2, 0.25) is 5.02 Å². The van der Waals surface area contributed by atoms with Crippen LogP contribution in [0, 0.1) is 0 Å². The molecule has 0 saturated heterocycles. The Balaban J connectivity index is 2.04. The summed E-state index contributed by atoms with van der Waals surface area (Å²) in [5.41, 5.74) is 1.66. The molecule has 23 heavy (non-hydrogen) atoms. The number of aliphatic hydroxyl groups excluding tert-OH is 1. The Kier molecular flexibility index (Phi) is 5.73. The zero-order valence-corrected chi connectivity index (χ0v) is 13.3. The average molecular weight is 333 g/mol. The van der Waals surface area contributed by atoms with Crippen LogP contribution in [-0.2, 0) is 0 Å². The van der Waals surface area contributed by atoms with Crippen molar-refractivity contribution < 1.29 is 14.7 Å². The number of hydrogen-bond acceptors (Lipinski definition) is 3. The van der Waals surface area contributed by atoms with Gasteiger partial charge in [-0.3, -0.25) is 4.79 Å². The van der Waals surface area contributed by atoms with Crippen LogP contribution in [0.25, 0.3) is 0 Å². The minimum absolute atomic E-state index is 0.143. The van der Waals surface area contributed by atoms with Gasteiger partial charge in [-0.15, -0.1) is 0 Å². The lowest BCUT2D eigenvalue weighted by molar-refractivity contribution is 0.101. The van der Waals surface area contributed by atoms with Gasteiger partial charge >= 0.3 is 6.03 Å². The molecule has 1 atom stereocenters. The second-order valence-corrected chi connectivity index (χ2v) is 5.40. The molecule has 0 spiro atoms. The van der Waals surface area contributed by atoms with E-state index >= 15 is 0 Å². The molecule has 0 unspecified atom stereocenters. The average Bonchev–Trinajstić information content (AvgIpc) is 2.53. The van der Waals surface area contributed by atoms with E-state index in [2.05, 4.69) is 10.6 Å². The lowest BCUT2D eigenvalue weighted by atomic mass is 10.1. The van der Waals surface area contributed by atoms with Gasteiger partial charge in [0.15, 0.2) is 5.78 Å². The molecule has 0 aromatic heterocycles. The van der Waals surface area contributed by atoms with Crippen molar-refractivity contribution in [2.45, 2.75) is 13.0 Å². The predicted octanol–water partition coefficient (Wildman–Crippen LogP) is 3.40. The third-order valence-corrected chi connectivity index (χ3v) is 3.61. The van der Waals surface area contributed by atoms with Gasteiger partial charge in [0.25, 0.3) is 0 Å². The van der Waals surface area contributed by atoms with Crippen LogP contribution in [0.1, 0.15) is 28.9 Å². The van der Waals surface area contributed by atoms with Crippen LogP contribution in [0.15, 0.2) is 48.5 Å². The highest BCUT2D eigenvalue weighted by Gasteiger charge is 2.14. The number of Topliss-reactive ketones (excluding diaryl/α,β-unsaturated/α-hetero) is 1. The van der Waals surface area contributed by atoms with Gasteiger partial charge in [-0.05, 0) is 30.7 Å². The molecular weight excluding hydrogens is 316 g/mol. The molecule has 2 aromatic rings. The van der Waals surface area contributed by atoms with Crippen molar-refractivity contribution in [3.05, 3.63) is 64.7 Å². The Morgan fingerprint density at radius 2 is 1.87 bits per heavy atom. The lowest BCUT2D eigenvalue weighted by Crippen LogP contribution is -2.34. The molecule has 0 fully saturated rings. The number of anilines is 1. The van der Waals surface area contributed by atoms with E-state index in [9.17, 15) is 14.7 Å². The molecule has 2 rings (SSSR count). The summed E-state index contributed by atoms with van der Waals surface area (Å²) in [5, 5.41) is 15.0. The van der Waals surface area contributed by atoms with Crippen molar-refractivity contribution in [3.63, 3.8) is 0 Å². The van der Waals surface area contributed by atoms with E-state index < -0.39 is 12.1 Å². The first-order valence-electron chi connectivity index (χ1n) is 7.05. The second-order valence-electron chi connectivity index (χ2n) is 5.00. The van der Waals surface area contributed by atoms with Gasteiger partial charge in [0.2, 0.25) is 0 Å². The number of ketones is 1. The highest BCUT2D eigenvalue weighted by molar-refractivity contribution is 6.34. The van der Waals surface area contributed by atoms with Crippen LogP contribution in [0.5, 0.6) is 0 Å². The quantitative estimate of drug-likeness (QED) is 0.734. The topological polar surface area (TPSA) is 78.4 Å². The molecule has 0 saturated carbocycles. The van der Waals surface area contributed by atoms with Crippen molar-refractivity contribution in [2.75, 3.05) is 11.9 Å². The molecule has 0 aliphatic heterocycles. The number of nitrogens with one attached hydrogen (secondary N) is 2. The summed E-state index contributed by atoms with van der Waals surface area (Å²) in [7, 11) is 0. The van der Waals surface area contributed by atoms with Gasteiger partial charge in [0.05, 0.1) is 17.7 Å². The van der Waals surface area contributed by atoms with E-state index in [0.717, 1.165) is 5.56 Å². The zero-order chi connectivity index (χ0) is 16.8. The molecule has 2 aromatic carbocycles. The third-order valence-electron chi connectivity index (χ3n) is 3.30. The lowest BCUT2D eigenvalue weighted by Gasteiger charge is -2.17. The monoisotopic (exact) mass is 332 g/mol. The van der Waals surface area contributed by atoms with Gasteiger partial charge < -0.3 is 15.7 Å². The van der Waals surface area contributed by atoms with E-state index in [4.69, 9.17) is 11.6 Å². The molecule has 6 heteroatoms. The number of halogens is 1. The molecule has 0 aliphatic carbocycles. The molecule has 5 nitrogen and oxygen atoms in total. The smallest absolute Gasteiger partial charge is 0.319 e. The SMILES string of the molecule is CC(=O)c1ccc(NC(=O)N[C@H](CO)c2ccccc2)cc1Cl. The van der Waals surface area contributed by atoms with Gasteiger partial charge in [-0.2, -0.15) is 0 Å². The van der Waals surface area contributed by atoms with Crippen molar-refractivity contribution >= 4 is 29.1 Å². The predicted molar refractivity (Wildman–Crippen MR) is 89.9 cm³/mol. The fourth-order valence-electron chi connectivity index (χ4n) is 2.12. The molecule has 0 bridgehead atoms. The van der Waals surface area contributed by atoms with Gasteiger partial charge in [0.1, 0.15) is 0 Å². The van der Waals surface area contributed by atoms with Crippen molar-refractivity contribution in [3.8, 4) is 0 Å². The second kappa shape index (κ2) is 7.76. The van der Waals surface area contributed by atoms with Crippen LogP contribution in [0.4, 0.5) is 10.5 Å². The number of urea groups is 1. The Morgan fingerprint density at radius 3 is 2.43 bits per heavy atom. The summed E-state index contributed by atoms with van der Waals surface area (Å²) in [6.07, 6.45) is 0. The molecular formula is C17H17ClN2O3. The number of carbonyl (C=O) groups excluding carboxylic acids is 2. The zero-order valence-electron chi connectivity index (χ0n) is 12.5. The Hall–Kier alpha value is -2.37. The first kappa shape index (κ1) is 17.0. The van der Waals surface area contributed by atoms with Crippen LogP contribution in [-0.4, -0.2) is 23.5 Å². The fraction of sp³-hybridized carbons (Fsp3) is 0.176. The molecule has 120 valence electrons. The van der Waals surface area contributed by atoms with E-state index in [-0.39, 0.29) is 17.4 Å². The number of carbonyl (C=O) groups is 2. The van der Waals surface area contributed by atoms with Crippen molar-refractivity contribution in [2.24, 2.45) is 0 Å². The number of amides is 2. The molecule has 0 aliphatic rings. The largest absolute Gasteiger partial charge is 0.394 e. The minimum Gasteiger partial charge on any atom is -0.394 e. The Labute approximate surface area is 139 Å². The number of benzene rings is 2. The normalized spacial score (nSPS) is 11.6. The van der Waals surface area contributed by atoms with Crippen LogP contribution >= 0.6 is 11.6 Å².